The molecule has 0 saturated carbocycles. The molecule has 3 nitrogen and oxygen atoms in total. The van der Waals surface area contributed by atoms with Crippen molar-refractivity contribution in [3.63, 3.8) is 0 Å². The van der Waals surface area contributed by atoms with Gasteiger partial charge in [-0.15, -0.1) is 0 Å². The SMILES string of the molecule is Cc1ccc(F)cc1S(=O)(=O)Nc1ccccc1C(C)(C)C. The second kappa shape index (κ2) is 5.72. The minimum absolute atomic E-state index is 0.0452. The smallest absolute Gasteiger partial charge is 0.262 e. The Kier molecular flexibility index (Phi) is 4.29. The fourth-order valence-corrected chi connectivity index (χ4v) is 3.63. The third-order valence-electron chi connectivity index (χ3n) is 3.42. The van der Waals surface area contributed by atoms with Gasteiger partial charge >= 0.3 is 0 Å². The molecule has 0 aliphatic carbocycles. The van der Waals surface area contributed by atoms with Crippen LogP contribution in [0.15, 0.2) is 47.4 Å². The van der Waals surface area contributed by atoms with Crippen LogP contribution >= 0.6 is 0 Å². The predicted molar refractivity (Wildman–Crippen MR) is 87.1 cm³/mol. The van der Waals surface area contributed by atoms with E-state index < -0.39 is 15.8 Å². The number of rotatable bonds is 3. The monoisotopic (exact) mass is 321 g/mol. The van der Waals surface area contributed by atoms with Crippen LogP contribution in [0.25, 0.3) is 0 Å². The van der Waals surface area contributed by atoms with Gasteiger partial charge in [0.05, 0.1) is 10.6 Å². The van der Waals surface area contributed by atoms with E-state index in [-0.39, 0.29) is 10.3 Å². The summed E-state index contributed by atoms with van der Waals surface area (Å²) in [5.74, 6) is -0.574. The Morgan fingerprint density at radius 2 is 1.68 bits per heavy atom. The van der Waals surface area contributed by atoms with Gasteiger partial charge in [0.25, 0.3) is 10.0 Å². The molecule has 0 atom stereocenters. The molecule has 118 valence electrons. The lowest BCUT2D eigenvalue weighted by Gasteiger charge is -2.23. The third-order valence-corrected chi connectivity index (χ3v) is 4.93. The van der Waals surface area contributed by atoms with Crippen LogP contribution in [-0.2, 0) is 15.4 Å². The fourth-order valence-electron chi connectivity index (χ4n) is 2.29. The standard InChI is InChI=1S/C17H20FNO2S/c1-12-9-10-13(18)11-16(12)22(20,21)19-15-8-6-5-7-14(15)17(2,3)4/h5-11,19H,1-4H3. The van der Waals surface area contributed by atoms with Crippen molar-refractivity contribution in [3.8, 4) is 0 Å². The minimum atomic E-state index is -3.84. The summed E-state index contributed by atoms with van der Waals surface area (Å²) in [4.78, 5) is -0.0452. The Balaban J connectivity index is 2.49. The normalized spacial score (nSPS) is 12.2. The Morgan fingerprint density at radius 1 is 1.05 bits per heavy atom. The van der Waals surface area contributed by atoms with E-state index in [9.17, 15) is 12.8 Å². The van der Waals surface area contributed by atoms with Crippen molar-refractivity contribution in [2.24, 2.45) is 0 Å². The summed E-state index contributed by atoms with van der Waals surface area (Å²) >= 11 is 0. The highest BCUT2D eigenvalue weighted by Crippen LogP contribution is 2.31. The first-order valence-corrected chi connectivity index (χ1v) is 8.48. The molecule has 0 aliphatic rings. The molecular formula is C17H20FNO2S. The fraction of sp³-hybridized carbons (Fsp3) is 0.294. The zero-order chi connectivity index (χ0) is 16.5. The molecule has 0 unspecified atom stereocenters. The highest BCUT2D eigenvalue weighted by molar-refractivity contribution is 7.92. The van der Waals surface area contributed by atoms with Crippen molar-refractivity contribution >= 4 is 15.7 Å². The van der Waals surface area contributed by atoms with Crippen LogP contribution in [0.5, 0.6) is 0 Å². The summed E-state index contributed by atoms with van der Waals surface area (Å²) in [5, 5.41) is 0. The van der Waals surface area contributed by atoms with E-state index in [1.807, 2.05) is 32.9 Å². The van der Waals surface area contributed by atoms with Gasteiger partial charge in [-0.1, -0.05) is 45.0 Å². The van der Waals surface area contributed by atoms with E-state index in [0.29, 0.717) is 11.3 Å². The van der Waals surface area contributed by atoms with Crippen LogP contribution in [0.1, 0.15) is 31.9 Å². The highest BCUT2D eigenvalue weighted by Gasteiger charge is 2.23. The van der Waals surface area contributed by atoms with Crippen molar-refractivity contribution in [1.82, 2.24) is 0 Å². The molecule has 0 bridgehead atoms. The second-order valence-corrected chi connectivity index (χ2v) is 7.96. The van der Waals surface area contributed by atoms with Gasteiger partial charge in [0, 0.05) is 0 Å². The zero-order valence-electron chi connectivity index (χ0n) is 13.1. The molecule has 0 aromatic heterocycles. The molecule has 2 rings (SSSR count). The topological polar surface area (TPSA) is 46.2 Å². The van der Waals surface area contributed by atoms with Crippen molar-refractivity contribution in [3.05, 3.63) is 59.4 Å². The van der Waals surface area contributed by atoms with Gasteiger partial charge in [-0.25, -0.2) is 12.8 Å². The van der Waals surface area contributed by atoms with Crippen LogP contribution in [0, 0.1) is 12.7 Å². The van der Waals surface area contributed by atoms with Gasteiger partial charge < -0.3 is 0 Å². The van der Waals surface area contributed by atoms with Crippen LogP contribution in [0.3, 0.4) is 0 Å². The maximum absolute atomic E-state index is 13.4. The van der Waals surface area contributed by atoms with Gasteiger partial charge in [0.1, 0.15) is 5.82 Å². The molecule has 0 heterocycles. The van der Waals surface area contributed by atoms with E-state index in [1.165, 1.54) is 12.1 Å². The molecule has 22 heavy (non-hydrogen) atoms. The van der Waals surface area contributed by atoms with E-state index in [0.717, 1.165) is 11.6 Å². The molecule has 0 fully saturated rings. The number of aryl methyl sites for hydroxylation is 1. The molecule has 5 heteroatoms. The van der Waals surface area contributed by atoms with Crippen molar-refractivity contribution in [2.45, 2.75) is 38.0 Å². The molecule has 0 radical (unpaired) electrons. The Hall–Kier alpha value is -1.88. The average molecular weight is 321 g/mol. The number of sulfonamides is 1. The number of para-hydroxylation sites is 1. The molecule has 1 N–H and O–H groups in total. The average Bonchev–Trinajstić information content (AvgIpc) is 2.40. The molecule has 2 aromatic carbocycles. The third kappa shape index (κ3) is 3.47. The van der Waals surface area contributed by atoms with Crippen LogP contribution in [0.4, 0.5) is 10.1 Å². The van der Waals surface area contributed by atoms with Crippen LogP contribution < -0.4 is 4.72 Å². The molecule has 0 spiro atoms. The Morgan fingerprint density at radius 3 is 2.32 bits per heavy atom. The van der Waals surface area contributed by atoms with Crippen molar-refractivity contribution < 1.29 is 12.8 Å². The zero-order valence-corrected chi connectivity index (χ0v) is 14.0. The number of anilines is 1. The summed E-state index contributed by atoms with van der Waals surface area (Å²) < 4.78 is 41.1. The maximum Gasteiger partial charge on any atom is 0.262 e. The van der Waals surface area contributed by atoms with E-state index in [1.54, 1.807) is 19.1 Å². The Bertz CT molecular complexity index is 793. The Labute approximate surface area is 131 Å². The summed E-state index contributed by atoms with van der Waals surface area (Å²) in [6.45, 7) is 7.67. The molecule has 0 saturated heterocycles. The lowest BCUT2D eigenvalue weighted by Crippen LogP contribution is -2.19. The number of hydrogen-bond acceptors (Lipinski definition) is 2. The number of benzene rings is 2. The predicted octanol–water partition coefficient (Wildman–Crippen LogP) is 4.23. The van der Waals surface area contributed by atoms with E-state index in [4.69, 9.17) is 0 Å². The first-order chi connectivity index (χ1) is 10.1. The van der Waals surface area contributed by atoms with E-state index >= 15 is 0 Å². The van der Waals surface area contributed by atoms with E-state index in [2.05, 4.69) is 4.72 Å². The first-order valence-electron chi connectivity index (χ1n) is 7.00. The summed E-state index contributed by atoms with van der Waals surface area (Å²) in [6, 6.07) is 11.0. The minimum Gasteiger partial charge on any atom is -0.279 e. The number of hydrogen-bond donors (Lipinski definition) is 1. The summed E-state index contributed by atoms with van der Waals surface area (Å²) in [6.07, 6.45) is 0. The number of nitrogens with one attached hydrogen (secondary N) is 1. The van der Waals surface area contributed by atoms with Gasteiger partial charge in [-0.3, -0.25) is 4.72 Å². The van der Waals surface area contributed by atoms with Crippen molar-refractivity contribution in [1.29, 1.82) is 0 Å². The summed E-state index contributed by atoms with van der Waals surface area (Å²) in [5.41, 5.74) is 1.68. The van der Waals surface area contributed by atoms with Crippen LogP contribution in [0.2, 0.25) is 0 Å². The second-order valence-electron chi connectivity index (χ2n) is 6.31. The first kappa shape index (κ1) is 16.5. The highest BCUT2D eigenvalue weighted by atomic mass is 32.2. The maximum atomic E-state index is 13.4. The lowest BCUT2D eigenvalue weighted by molar-refractivity contribution is 0.588. The van der Waals surface area contributed by atoms with Crippen LogP contribution in [-0.4, -0.2) is 8.42 Å². The summed E-state index contributed by atoms with van der Waals surface area (Å²) in [7, 11) is -3.84. The molecule has 0 aliphatic heterocycles. The van der Waals surface area contributed by atoms with Gasteiger partial charge in [-0.05, 0) is 41.7 Å². The van der Waals surface area contributed by atoms with Gasteiger partial charge in [0.15, 0.2) is 0 Å². The largest absolute Gasteiger partial charge is 0.279 e. The van der Waals surface area contributed by atoms with Gasteiger partial charge in [0.2, 0.25) is 0 Å². The molecular weight excluding hydrogens is 301 g/mol. The quantitative estimate of drug-likeness (QED) is 0.919. The van der Waals surface area contributed by atoms with Gasteiger partial charge in [-0.2, -0.15) is 0 Å². The number of halogens is 1. The lowest BCUT2D eigenvalue weighted by atomic mass is 9.86. The molecule has 2 aromatic rings. The van der Waals surface area contributed by atoms with Crippen molar-refractivity contribution in [2.75, 3.05) is 4.72 Å². The molecule has 0 amide bonds.